The van der Waals surface area contributed by atoms with Crippen LogP contribution in [-0.2, 0) is 6.42 Å². The van der Waals surface area contributed by atoms with Crippen LogP contribution in [0.3, 0.4) is 0 Å². The van der Waals surface area contributed by atoms with E-state index >= 15 is 0 Å². The van der Waals surface area contributed by atoms with Gasteiger partial charge in [-0.25, -0.2) is 0 Å². The number of hydrogen-bond donors (Lipinski definition) is 2. The van der Waals surface area contributed by atoms with Crippen molar-refractivity contribution in [3.05, 3.63) is 33.9 Å². The van der Waals surface area contributed by atoms with Crippen molar-refractivity contribution < 1.29 is 0 Å². The molecule has 1 heterocycles. The Balaban J connectivity index is 2.20. The number of nitrogens with one attached hydrogen (secondary N) is 1. The number of nitrogens with zero attached hydrogens (tertiary/aromatic N) is 2. The molecule has 2 aromatic rings. The van der Waals surface area contributed by atoms with Gasteiger partial charge in [-0.3, -0.25) is 4.99 Å². The van der Waals surface area contributed by atoms with Gasteiger partial charge in [-0.1, -0.05) is 23.2 Å². The quantitative estimate of drug-likeness (QED) is 0.676. The van der Waals surface area contributed by atoms with Gasteiger partial charge in [-0.05, 0) is 24.1 Å². The lowest BCUT2D eigenvalue weighted by atomic mass is 10.1. The van der Waals surface area contributed by atoms with E-state index in [2.05, 4.69) is 9.98 Å². The highest BCUT2D eigenvalue weighted by Gasteiger charge is 2.08. The molecule has 19 heavy (non-hydrogen) atoms. The lowest BCUT2D eigenvalue weighted by Crippen LogP contribution is -2.30. The van der Waals surface area contributed by atoms with E-state index in [0.717, 1.165) is 22.9 Å². The van der Waals surface area contributed by atoms with Gasteiger partial charge in [0, 0.05) is 42.8 Å². The monoisotopic (exact) mass is 298 g/mol. The topological polar surface area (TPSA) is 57.4 Å². The predicted molar refractivity (Wildman–Crippen MR) is 82.2 cm³/mol. The zero-order chi connectivity index (χ0) is 14.0. The molecule has 6 heteroatoms. The molecular weight excluding hydrogens is 283 g/mol. The molecule has 0 amide bonds. The minimum Gasteiger partial charge on any atom is -0.370 e. The van der Waals surface area contributed by atoms with Crippen LogP contribution in [0.5, 0.6) is 0 Å². The van der Waals surface area contributed by atoms with Crippen LogP contribution < -0.4 is 5.73 Å². The second-order valence-corrected chi connectivity index (χ2v) is 5.35. The SMILES string of the molecule is CN(C)C(N)=NCCc1c[nH]c2cc(Cl)cc(Cl)c12. The van der Waals surface area contributed by atoms with Crippen molar-refractivity contribution in [2.45, 2.75) is 6.42 Å². The number of nitrogens with two attached hydrogens (primary N) is 1. The highest BCUT2D eigenvalue weighted by Crippen LogP contribution is 2.30. The maximum Gasteiger partial charge on any atom is 0.190 e. The number of benzene rings is 1. The van der Waals surface area contributed by atoms with Gasteiger partial charge < -0.3 is 15.6 Å². The molecule has 3 N–H and O–H groups in total. The lowest BCUT2D eigenvalue weighted by molar-refractivity contribution is 0.609. The van der Waals surface area contributed by atoms with Crippen LogP contribution in [0.15, 0.2) is 23.3 Å². The Morgan fingerprint density at radius 2 is 2.11 bits per heavy atom. The first-order valence-corrected chi connectivity index (χ1v) is 6.67. The van der Waals surface area contributed by atoms with E-state index in [1.165, 1.54) is 0 Å². The van der Waals surface area contributed by atoms with Crippen molar-refractivity contribution in [1.29, 1.82) is 0 Å². The molecule has 0 bridgehead atoms. The summed E-state index contributed by atoms with van der Waals surface area (Å²) in [5, 5.41) is 2.29. The van der Waals surface area contributed by atoms with Crippen LogP contribution in [0.1, 0.15) is 5.56 Å². The predicted octanol–water partition coefficient (Wildman–Crippen LogP) is 2.89. The van der Waals surface area contributed by atoms with E-state index < -0.39 is 0 Å². The molecule has 0 spiro atoms. The van der Waals surface area contributed by atoms with Crippen molar-refractivity contribution in [3.63, 3.8) is 0 Å². The minimum absolute atomic E-state index is 0.522. The van der Waals surface area contributed by atoms with E-state index in [9.17, 15) is 0 Å². The van der Waals surface area contributed by atoms with Gasteiger partial charge in [0.2, 0.25) is 0 Å². The van der Waals surface area contributed by atoms with E-state index in [-0.39, 0.29) is 0 Å². The van der Waals surface area contributed by atoms with Gasteiger partial charge in [-0.15, -0.1) is 0 Å². The van der Waals surface area contributed by atoms with Crippen molar-refractivity contribution in [2.24, 2.45) is 10.7 Å². The molecule has 102 valence electrons. The molecule has 0 saturated carbocycles. The molecule has 0 fully saturated rings. The van der Waals surface area contributed by atoms with E-state index in [1.807, 2.05) is 26.4 Å². The van der Waals surface area contributed by atoms with Crippen LogP contribution in [0, 0.1) is 0 Å². The molecule has 0 aliphatic heterocycles. The van der Waals surface area contributed by atoms with Crippen molar-refractivity contribution in [1.82, 2.24) is 9.88 Å². The number of halogens is 2. The summed E-state index contributed by atoms with van der Waals surface area (Å²) in [4.78, 5) is 9.24. The Hall–Kier alpha value is -1.39. The first kappa shape index (κ1) is 14.0. The highest BCUT2D eigenvalue weighted by atomic mass is 35.5. The summed E-state index contributed by atoms with van der Waals surface area (Å²) >= 11 is 12.2. The molecule has 4 nitrogen and oxygen atoms in total. The van der Waals surface area contributed by atoms with E-state index in [4.69, 9.17) is 28.9 Å². The fraction of sp³-hybridized carbons (Fsp3) is 0.308. The van der Waals surface area contributed by atoms with Crippen LogP contribution >= 0.6 is 23.2 Å². The van der Waals surface area contributed by atoms with E-state index in [1.54, 1.807) is 11.0 Å². The Morgan fingerprint density at radius 1 is 1.37 bits per heavy atom. The van der Waals surface area contributed by atoms with Crippen LogP contribution in [0.4, 0.5) is 0 Å². The summed E-state index contributed by atoms with van der Waals surface area (Å²) in [7, 11) is 3.73. The number of hydrogen-bond acceptors (Lipinski definition) is 1. The van der Waals surface area contributed by atoms with Crippen molar-refractivity contribution in [2.75, 3.05) is 20.6 Å². The largest absolute Gasteiger partial charge is 0.370 e. The average molecular weight is 299 g/mol. The fourth-order valence-electron chi connectivity index (χ4n) is 1.88. The van der Waals surface area contributed by atoms with Crippen LogP contribution in [0.2, 0.25) is 10.0 Å². The Morgan fingerprint density at radius 3 is 2.79 bits per heavy atom. The van der Waals surface area contributed by atoms with E-state index in [0.29, 0.717) is 22.5 Å². The number of aromatic nitrogens is 1. The lowest BCUT2D eigenvalue weighted by Gasteiger charge is -2.10. The summed E-state index contributed by atoms with van der Waals surface area (Å²) in [6.45, 7) is 0.621. The molecule has 0 radical (unpaired) electrons. The fourth-order valence-corrected chi connectivity index (χ4v) is 2.50. The minimum atomic E-state index is 0.522. The number of H-pyrrole nitrogens is 1. The van der Waals surface area contributed by atoms with Crippen molar-refractivity contribution in [3.8, 4) is 0 Å². The molecule has 0 aliphatic carbocycles. The second kappa shape index (κ2) is 5.72. The number of aromatic amines is 1. The van der Waals surface area contributed by atoms with Gasteiger partial charge >= 0.3 is 0 Å². The molecule has 0 atom stereocenters. The third-order valence-corrected chi connectivity index (χ3v) is 3.41. The van der Waals surface area contributed by atoms with Gasteiger partial charge in [0.15, 0.2) is 5.96 Å². The first-order chi connectivity index (χ1) is 8.99. The Labute approximate surface area is 122 Å². The van der Waals surface area contributed by atoms with Crippen LogP contribution in [-0.4, -0.2) is 36.5 Å². The number of rotatable bonds is 3. The third-order valence-electron chi connectivity index (χ3n) is 2.89. The molecular formula is C13H16Cl2N4. The molecule has 0 saturated heterocycles. The Kier molecular flexibility index (Phi) is 4.22. The van der Waals surface area contributed by atoms with Gasteiger partial charge in [0.05, 0.1) is 5.02 Å². The molecule has 2 rings (SSSR count). The normalized spacial score (nSPS) is 12.1. The number of fused-ring (bicyclic) bond motifs is 1. The summed E-state index contributed by atoms with van der Waals surface area (Å²) in [5.74, 6) is 0.522. The molecule has 1 aromatic heterocycles. The van der Waals surface area contributed by atoms with Crippen molar-refractivity contribution >= 4 is 40.1 Å². The Bertz CT molecular complexity index is 616. The average Bonchev–Trinajstić information content (AvgIpc) is 2.72. The standard InChI is InChI=1S/C13H16Cl2N4/c1-19(2)13(16)17-4-3-8-7-18-11-6-9(14)5-10(15)12(8)11/h5-7,18H,3-4H2,1-2H3,(H2,16,17). The highest BCUT2D eigenvalue weighted by molar-refractivity contribution is 6.38. The summed E-state index contributed by atoms with van der Waals surface area (Å²) in [6, 6.07) is 3.62. The summed E-state index contributed by atoms with van der Waals surface area (Å²) in [5.41, 5.74) is 7.80. The molecule has 1 aromatic carbocycles. The number of guanidine groups is 1. The maximum absolute atomic E-state index is 6.23. The smallest absolute Gasteiger partial charge is 0.190 e. The zero-order valence-electron chi connectivity index (χ0n) is 10.9. The van der Waals surface area contributed by atoms with Gasteiger partial charge in [-0.2, -0.15) is 0 Å². The maximum atomic E-state index is 6.23. The second-order valence-electron chi connectivity index (χ2n) is 4.51. The summed E-state index contributed by atoms with van der Waals surface area (Å²) < 4.78 is 0. The van der Waals surface area contributed by atoms with Gasteiger partial charge in [0.25, 0.3) is 0 Å². The van der Waals surface area contributed by atoms with Crippen LogP contribution in [0.25, 0.3) is 10.9 Å². The van der Waals surface area contributed by atoms with Gasteiger partial charge in [0.1, 0.15) is 0 Å². The summed E-state index contributed by atoms with van der Waals surface area (Å²) in [6.07, 6.45) is 2.71. The molecule has 0 unspecified atom stereocenters. The third kappa shape index (κ3) is 3.14. The number of aliphatic imine (C=N–C) groups is 1. The molecule has 0 aliphatic rings. The zero-order valence-corrected chi connectivity index (χ0v) is 12.4. The first-order valence-electron chi connectivity index (χ1n) is 5.91.